The monoisotopic (exact) mass is 578 g/mol. The molecular weight excluding hydrogens is 544 g/mol. The highest BCUT2D eigenvalue weighted by Crippen LogP contribution is 2.36. The number of para-hydroxylation sites is 1. The molecule has 1 aliphatic rings. The van der Waals surface area contributed by atoms with Crippen molar-refractivity contribution in [2.45, 2.75) is 56.3 Å². The quantitative estimate of drug-likeness (QED) is 0.215. The normalized spacial score (nSPS) is 14.8. The number of carbonyl (C=O) groups excluding carboxylic acids is 1. The van der Waals surface area contributed by atoms with Gasteiger partial charge in [-0.3, -0.25) is 9.10 Å². The van der Waals surface area contributed by atoms with Crippen molar-refractivity contribution in [1.29, 1.82) is 0 Å². The van der Waals surface area contributed by atoms with Gasteiger partial charge in [-0.1, -0.05) is 74.3 Å². The maximum atomic E-state index is 13.6. The molecule has 1 fully saturated rings. The lowest BCUT2D eigenvalue weighted by Crippen LogP contribution is -2.31. The summed E-state index contributed by atoms with van der Waals surface area (Å²) in [5.41, 5.74) is 2.12. The Hall–Kier alpha value is -3.50. The van der Waals surface area contributed by atoms with Crippen molar-refractivity contribution in [2.24, 2.45) is 5.92 Å². The van der Waals surface area contributed by atoms with Gasteiger partial charge in [-0.15, -0.1) is 0 Å². The second kappa shape index (κ2) is 12.3. The first kappa shape index (κ1) is 28.0. The summed E-state index contributed by atoms with van der Waals surface area (Å²) in [6.45, 7) is 2.34. The molecule has 1 atom stereocenters. The van der Waals surface area contributed by atoms with Crippen molar-refractivity contribution < 1.29 is 17.9 Å². The van der Waals surface area contributed by atoms with E-state index in [2.05, 4.69) is 15.3 Å². The Morgan fingerprint density at radius 2 is 1.77 bits per heavy atom. The number of methoxy groups -OCH3 is 1. The van der Waals surface area contributed by atoms with Crippen LogP contribution in [0.1, 0.15) is 56.9 Å². The van der Waals surface area contributed by atoms with E-state index in [-0.39, 0.29) is 10.8 Å². The zero-order chi connectivity index (χ0) is 28.1. The fourth-order valence-corrected chi connectivity index (χ4v) is 7.71. The van der Waals surface area contributed by atoms with Crippen molar-refractivity contribution in [2.75, 3.05) is 23.3 Å². The van der Waals surface area contributed by atoms with Crippen LogP contribution in [0, 0.1) is 5.92 Å². The van der Waals surface area contributed by atoms with Crippen molar-refractivity contribution >= 4 is 48.4 Å². The lowest BCUT2D eigenvalue weighted by atomic mass is 9.87. The first-order chi connectivity index (χ1) is 19.4. The Morgan fingerprint density at radius 3 is 2.45 bits per heavy atom. The Labute approximate surface area is 239 Å². The van der Waals surface area contributed by atoms with Gasteiger partial charge in [0.25, 0.3) is 10.0 Å². The third-order valence-electron chi connectivity index (χ3n) is 7.37. The number of fused-ring (bicyclic) bond motifs is 1. The largest absolute Gasteiger partial charge is 0.481 e. The third kappa shape index (κ3) is 6.13. The summed E-state index contributed by atoms with van der Waals surface area (Å²) in [6.07, 6.45) is 5.95. The zero-order valence-electron chi connectivity index (χ0n) is 22.7. The molecule has 210 valence electrons. The van der Waals surface area contributed by atoms with E-state index in [0.29, 0.717) is 52.4 Å². The van der Waals surface area contributed by atoms with E-state index in [9.17, 15) is 13.2 Å². The molecule has 0 radical (unpaired) electrons. The van der Waals surface area contributed by atoms with Crippen LogP contribution in [0.2, 0.25) is 0 Å². The number of rotatable bonds is 11. The molecule has 0 bridgehead atoms. The number of anilines is 2. The molecule has 5 rings (SSSR count). The van der Waals surface area contributed by atoms with Gasteiger partial charge in [-0.2, -0.15) is 0 Å². The van der Waals surface area contributed by atoms with Gasteiger partial charge in [0.1, 0.15) is 10.3 Å². The number of benzene rings is 2. The highest BCUT2D eigenvalue weighted by Gasteiger charge is 2.29. The molecule has 4 aromatic rings. The molecular formula is C30H34N4O4S2. The molecule has 1 unspecified atom stereocenters. The zero-order valence-corrected chi connectivity index (χ0v) is 24.4. The summed E-state index contributed by atoms with van der Waals surface area (Å²) >= 11 is 1.30. The van der Waals surface area contributed by atoms with Crippen molar-refractivity contribution in [3.63, 3.8) is 0 Å². The van der Waals surface area contributed by atoms with Gasteiger partial charge < -0.3 is 10.1 Å². The van der Waals surface area contributed by atoms with Crippen LogP contribution in [0.3, 0.4) is 0 Å². The molecule has 1 amide bonds. The molecule has 8 nitrogen and oxygen atoms in total. The predicted molar refractivity (Wildman–Crippen MR) is 160 cm³/mol. The number of nitrogens with one attached hydrogen (secondary N) is 1. The molecule has 1 aliphatic carbocycles. The summed E-state index contributed by atoms with van der Waals surface area (Å²) < 4.78 is 33.9. The van der Waals surface area contributed by atoms with Crippen LogP contribution in [0.5, 0.6) is 5.88 Å². The summed E-state index contributed by atoms with van der Waals surface area (Å²) in [6, 6.07) is 19.5. The van der Waals surface area contributed by atoms with E-state index in [4.69, 9.17) is 4.74 Å². The molecule has 0 saturated heterocycles. The first-order valence-corrected chi connectivity index (χ1v) is 15.9. The molecule has 1 saturated carbocycles. The van der Waals surface area contributed by atoms with Gasteiger partial charge >= 0.3 is 0 Å². The minimum absolute atomic E-state index is 0.148. The Kier molecular flexibility index (Phi) is 8.66. The number of aromatic nitrogens is 2. The van der Waals surface area contributed by atoms with Crippen molar-refractivity contribution in [3.8, 4) is 5.88 Å². The van der Waals surface area contributed by atoms with Crippen molar-refractivity contribution in [1.82, 2.24) is 9.97 Å². The summed E-state index contributed by atoms with van der Waals surface area (Å²) in [4.78, 5) is 23.5. The second-order valence-corrected chi connectivity index (χ2v) is 12.9. The fourth-order valence-electron chi connectivity index (χ4n) is 5.32. The number of amides is 1. The van der Waals surface area contributed by atoms with Crippen LogP contribution in [0.25, 0.3) is 10.3 Å². The van der Waals surface area contributed by atoms with E-state index in [1.54, 1.807) is 49.6 Å². The maximum Gasteiger partial charge on any atom is 0.264 e. The Bertz CT molecular complexity index is 1550. The molecule has 40 heavy (non-hydrogen) atoms. The van der Waals surface area contributed by atoms with Crippen LogP contribution >= 0.6 is 11.3 Å². The number of ether oxygens (including phenoxy) is 1. The lowest BCUT2D eigenvalue weighted by molar-refractivity contribution is -0.118. The standard InChI is InChI=1S/C30H34N4O4S2/c1-3-19-34(23-11-5-4-6-12-23)40(36,37)24-15-13-22(14-16-24)25(20-21-9-7-8-10-21)28(35)33-30-31-26-17-18-27(38-2)32-29(26)39-30/h4-6,11-18,21,25H,3,7-10,19-20H2,1-2H3,(H,31,33,35). The first-order valence-electron chi connectivity index (χ1n) is 13.7. The summed E-state index contributed by atoms with van der Waals surface area (Å²) in [7, 11) is -2.20. The van der Waals surface area contributed by atoms with Crippen molar-refractivity contribution in [3.05, 3.63) is 72.3 Å². The number of sulfonamides is 1. The minimum atomic E-state index is -3.76. The maximum absolute atomic E-state index is 13.6. The Morgan fingerprint density at radius 1 is 1.05 bits per heavy atom. The fraction of sp³-hybridized carbons (Fsp3) is 0.367. The topological polar surface area (TPSA) is 101 Å². The number of thiazole rings is 1. The third-order valence-corrected chi connectivity index (χ3v) is 10.1. The summed E-state index contributed by atoms with van der Waals surface area (Å²) in [5.74, 6) is 0.382. The van der Waals surface area contributed by atoms with Crippen LogP contribution in [-0.4, -0.2) is 37.9 Å². The van der Waals surface area contributed by atoms with Gasteiger partial charge in [0.2, 0.25) is 11.8 Å². The smallest absolute Gasteiger partial charge is 0.264 e. The summed E-state index contributed by atoms with van der Waals surface area (Å²) in [5, 5.41) is 3.48. The minimum Gasteiger partial charge on any atom is -0.481 e. The van der Waals surface area contributed by atoms with Gasteiger partial charge in [0, 0.05) is 12.6 Å². The second-order valence-electron chi connectivity index (χ2n) is 10.1. The molecule has 1 N–H and O–H groups in total. The highest BCUT2D eigenvalue weighted by atomic mass is 32.2. The SMILES string of the molecule is CCCN(c1ccccc1)S(=O)(=O)c1ccc(C(CC2CCCC2)C(=O)Nc2nc3ccc(OC)nc3s2)cc1. The van der Waals surface area contributed by atoms with Crippen LogP contribution in [0.15, 0.2) is 71.6 Å². The Balaban J connectivity index is 1.40. The highest BCUT2D eigenvalue weighted by molar-refractivity contribution is 7.92. The van der Waals surface area contributed by atoms with Gasteiger partial charge in [-0.05, 0) is 54.7 Å². The van der Waals surface area contributed by atoms with Gasteiger partial charge in [0.05, 0.1) is 23.6 Å². The molecule has 0 spiro atoms. The van der Waals surface area contributed by atoms with Crippen LogP contribution < -0.4 is 14.4 Å². The van der Waals surface area contributed by atoms with E-state index >= 15 is 0 Å². The lowest BCUT2D eigenvalue weighted by Gasteiger charge is -2.24. The number of hydrogen-bond donors (Lipinski definition) is 1. The number of nitrogens with zero attached hydrogens (tertiary/aromatic N) is 3. The number of pyridine rings is 1. The number of hydrogen-bond acceptors (Lipinski definition) is 7. The predicted octanol–water partition coefficient (Wildman–Crippen LogP) is 6.61. The van der Waals surface area contributed by atoms with E-state index < -0.39 is 15.9 Å². The molecule has 0 aliphatic heterocycles. The van der Waals surface area contributed by atoms with E-state index in [1.165, 1.54) is 28.5 Å². The van der Waals surface area contributed by atoms with Gasteiger partial charge in [0.15, 0.2) is 5.13 Å². The molecule has 2 aromatic carbocycles. The van der Waals surface area contributed by atoms with E-state index in [1.807, 2.05) is 31.2 Å². The molecule has 2 heterocycles. The average molecular weight is 579 g/mol. The molecule has 2 aromatic heterocycles. The van der Waals surface area contributed by atoms with E-state index in [0.717, 1.165) is 18.4 Å². The average Bonchev–Trinajstić information content (AvgIpc) is 3.64. The molecule has 10 heteroatoms. The van der Waals surface area contributed by atoms with Crippen LogP contribution in [0.4, 0.5) is 10.8 Å². The van der Waals surface area contributed by atoms with Gasteiger partial charge in [-0.25, -0.2) is 18.4 Å². The number of carbonyl (C=O) groups is 1. The van der Waals surface area contributed by atoms with Crippen LogP contribution in [-0.2, 0) is 14.8 Å².